The van der Waals surface area contributed by atoms with Crippen LogP contribution in [0.3, 0.4) is 0 Å². The minimum atomic E-state index is -4.52. The zero-order valence-electron chi connectivity index (χ0n) is 10.1. The third kappa shape index (κ3) is 3.48. The van der Waals surface area contributed by atoms with Crippen molar-refractivity contribution in [1.29, 1.82) is 0 Å². The number of carboxylic acid groups (broad SMARTS) is 1. The van der Waals surface area contributed by atoms with E-state index in [2.05, 4.69) is 0 Å². The summed E-state index contributed by atoms with van der Waals surface area (Å²) in [5.74, 6) is -3.88. The molecule has 0 radical (unpaired) electrons. The van der Waals surface area contributed by atoms with Crippen molar-refractivity contribution in [3.63, 3.8) is 0 Å². The highest BCUT2D eigenvalue weighted by molar-refractivity contribution is 7.89. The van der Waals surface area contributed by atoms with E-state index in [4.69, 9.17) is 5.11 Å². The van der Waals surface area contributed by atoms with Gasteiger partial charge in [-0.1, -0.05) is 13.0 Å². The van der Waals surface area contributed by atoms with Crippen LogP contribution < -0.4 is 0 Å². The number of sulfonamides is 1. The summed E-state index contributed by atoms with van der Waals surface area (Å²) in [6.45, 7) is 0.647. The van der Waals surface area contributed by atoms with Gasteiger partial charge in [-0.15, -0.1) is 0 Å². The van der Waals surface area contributed by atoms with E-state index in [1.54, 1.807) is 6.92 Å². The molecule has 1 rings (SSSR count). The van der Waals surface area contributed by atoms with Gasteiger partial charge in [0, 0.05) is 6.54 Å². The van der Waals surface area contributed by atoms with Crippen molar-refractivity contribution in [1.82, 2.24) is 4.31 Å². The molecule has 0 aliphatic carbocycles. The number of hydrogen-bond donors (Lipinski definition) is 1. The van der Waals surface area contributed by atoms with E-state index in [0.29, 0.717) is 10.7 Å². The molecule has 0 aromatic heterocycles. The summed E-state index contributed by atoms with van der Waals surface area (Å²) >= 11 is 0. The minimum absolute atomic E-state index is 0.137. The summed E-state index contributed by atoms with van der Waals surface area (Å²) in [7, 11) is -4.52. The molecule has 19 heavy (non-hydrogen) atoms. The fourth-order valence-corrected chi connectivity index (χ4v) is 3.13. The van der Waals surface area contributed by atoms with Gasteiger partial charge in [-0.2, -0.15) is 4.31 Å². The molecule has 0 saturated heterocycles. The van der Waals surface area contributed by atoms with Crippen molar-refractivity contribution in [2.45, 2.75) is 18.2 Å². The molecule has 1 aromatic rings. The van der Waals surface area contributed by atoms with Gasteiger partial charge in [0.1, 0.15) is 18.2 Å². The first-order chi connectivity index (χ1) is 8.80. The van der Waals surface area contributed by atoms with Gasteiger partial charge in [0.05, 0.1) is 0 Å². The second kappa shape index (κ2) is 6.07. The zero-order valence-corrected chi connectivity index (χ0v) is 11.0. The number of carboxylic acids is 1. The molecule has 0 spiro atoms. The van der Waals surface area contributed by atoms with Crippen LogP contribution in [0.2, 0.25) is 0 Å². The molecule has 0 heterocycles. The van der Waals surface area contributed by atoms with Crippen molar-refractivity contribution in [2.75, 3.05) is 13.1 Å². The van der Waals surface area contributed by atoms with Gasteiger partial charge in [-0.25, -0.2) is 17.2 Å². The molecule has 1 N–H and O–H groups in total. The lowest BCUT2D eigenvalue weighted by Crippen LogP contribution is -2.37. The largest absolute Gasteiger partial charge is 0.480 e. The first-order valence-corrected chi connectivity index (χ1v) is 6.90. The predicted octanol–water partition coefficient (Wildman–Crippen LogP) is 1.45. The lowest BCUT2D eigenvalue weighted by molar-refractivity contribution is -0.137. The van der Waals surface area contributed by atoms with Crippen LogP contribution in [0, 0.1) is 11.6 Å². The molecule has 0 aliphatic heterocycles. The Balaban J connectivity index is 3.30. The van der Waals surface area contributed by atoms with Crippen molar-refractivity contribution in [2.24, 2.45) is 0 Å². The molecule has 0 saturated carbocycles. The summed E-state index contributed by atoms with van der Waals surface area (Å²) in [6.07, 6.45) is 0.322. The van der Waals surface area contributed by atoms with Crippen LogP contribution in [0.4, 0.5) is 8.78 Å². The van der Waals surface area contributed by atoms with E-state index in [1.165, 1.54) is 0 Å². The van der Waals surface area contributed by atoms with E-state index >= 15 is 0 Å². The highest BCUT2D eigenvalue weighted by Gasteiger charge is 2.31. The van der Waals surface area contributed by atoms with Crippen molar-refractivity contribution in [3.8, 4) is 0 Å². The summed E-state index contributed by atoms with van der Waals surface area (Å²) in [4.78, 5) is 9.52. The Morgan fingerprint density at radius 3 is 2.26 bits per heavy atom. The minimum Gasteiger partial charge on any atom is -0.480 e. The topological polar surface area (TPSA) is 74.7 Å². The van der Waals surface area contributed by atoms with Gasteiger partial charge < -0.3 is 5.11 Å². The summed E-state index contributed by atoms with van der Waals surface area (Å²) < 4.78 is 51.7. The maximum atomic E-state index is 13.5. The van der Waals surface area contributed by atoms with Crippen LogP contribution in [0.1, 0.15) is 13.3 Å². The Hall–Kier alpha value is -1.54. The molecular weight excluding hydrogens is 280 g/mol. The molecule has 0 bridgehead atoms. The highest BCUT2D eigenvalue weighted by Crippen LogP contribution is 2.22. The van der Waals surface area contributed by atoms with Gasteiger partial charge in [0.2, 0.25) is 10.0 Å². The van der Waals surface area contributed by atoms with Crippen molar-refractivity contribution >= 4 is 16.0 Å². The van der Waals surface area contributed by atoms with Crippen LogP contribution in [-0.4, -0.2) is 36.9 Å². The molecule has 8 heteroatoms. The Bertz CT molecular complexity index is 554. The molecule has 0 atom stereocenters. The van der Waals surface area contributed by atoms with Crippen LogP contribution in [-0.2, 0) is 14.8 Å². The molecule has 0 unspecified atom stereocenters. The molecule has 0 amide bonds. The first kappa shape index (κ1) is 15.5. The van der Waals surface area contributed by atoms with Crippen LogP contribution >= 0.6 is 0 Å². The molecule has 5 nitrogen and oxygen atoms in total. The van der Waals surface area contributed by atoms with Crippen molar-refractivity contribution < 1.29 is 27.1 Å². The zero-order chi connectivity index (χ0) is 14.6. The normalized spacial score (nSPS) is 11.8. The van der Waals surface area contributed by atoms with Crippen LogP contribution in [0.25, 0.3) is 0 Å². The maximum absolute atomic E-state index is 13.5. The van der Waals surface area contributed by atoms with E-state index in [9.17, 15) is 22.0 Å². The van der Waals surface area contributed by atoms with E-state index in [1.807, 2.05) is 0 Å². The first-order valence-electron chi connectivity index (χ1n) is 5.46. The summed E-state index contributed by atoms with van der Waals surface area (Å²) in [5, 5.41) is 8.67. The number of benzene rings is 1. The number of halogens is 2. The molecular formula is C11H13F2NO4S. The highest BCUT2D eigenvalue weighted by atomic mass is 32.2. The van der Waals surface area contributed by atoms with Gasteiger partial charge in [-0.3, -0.25) is 4.79 Å². The maximum Gasteiger partial charge on any atom is 0.318 e. The Labute approximate surface area is 109 Å². The number of aliphatic carboxylic acids is 1. The van der Waals surface area contributed by atoms with E-state index in [-0.39, 0.29) is 6.54 Å². The van der Waals surface area contributed by atoms with Crippen LogP contribution in [0.15, 0.2) is 23.1 Å². The van der Waals surface area contributed by atoms with Crippen molar-refractivity contribution in [3.05, 3.63) is 29.8 Å². The van der Waals surface area contributed by atoms with E-state index < -0.39 is 39.1 Å². The smallest absolute Gasteiger partial charge is 0.318 e. The Kier molecular flexibility index (Phi) is 4.96. The standard InChI is InChI=1S/C11H13F2NO4S/c1-2-6-14(7-10(15)16)19(17,18)11-8(12)4-3-5-9(11)13/h3-5H,2,6-7H2,1H3,(H,15,16). The third-order valence-electron chi connectivity index (χ3n) is 2.30. The summed E-state index contributed by atoms with van der Waals surface area (Å²) in [6, 6.07) is 2.65. The monoisotopic (exact) mass is 293 g/mol. The number of nitrogens with zero attached hydrogens (tertiary/aromatic N) is 1. The predicted molar refractivity (Wildman–Crippen MR) is 63.0 cm³/mol. The van der Waals surface area contributed by atoms with Gasteiger partial charge in [0.25, 0.3) is 0 Å². The molecule has 106 valence electrons. The number of hydrogen-bond acceptors (Lipinski definition) is 3. The van der Waals surface area contributed by atoms with E-state index in [0.717, 1.165) is 18.2 Å². The Morgan fingerprint density at radius 1 is 1.32 bits per heavy atom. The second-order valence-corrected chi connectivity index (χ2v) is 5.66. The average Bonchev–Trinajstić information content (AvgIpc) is 2.27. The number of carbonyl (C=O) groups is 1. The average molecular weight is 293 g/mol. The summed E-state index contributed by atoms with van der Waals surface area (Å²) in [5.41, 5.74) is 0. The van der Waals surface area contributed by atoms with Gasteiger partial charge in [-0.05, 0) is 18.6 Å². The molecule has 0 aliphatic rings. The second-order valence-electron chi connectivity index (χ2n) is 3.78. The number of rotatable bonds is 6. The van der Waals surface area contributed by atoms with Gasteiger partial charge in [0.15, 0.2) is 4.90 Å². The quantitative estimate of drug-likeness (QED) is 0.861. The van der Waals surface area contributed by atoms with Gasteiger partial charge >= 0.3 is 5.97 Å². The lowest BCUT2D eigenvalue weighted by atomic mass is 10.3. The fourth-order valence-electron chi connectivity index (χ4n) is 1.54. The molecule has 0 fully saturated rings. The lowest BCUT2D eigenvalue weighted by Gasteiger charge is -2.20. The van der Waals surface area contributed by atoms with Crippen LogP contribution in [0.5, 0.6) is 0 Å². The third-order valence-corrected chi connectivity index (χ3v) is 4.20. The Morgan fingerprint density at radius 2 is 1.84 bits per heavy atom. The fraction of sp³-hybridized carbons (Fsp3) is 0.364. The molecule has 1 aromatic carbocycles. The SMILES string of the molecule is CCCN(CC(=O)O)S(=O)(=O)c1c(F)cccc1F.